The summed E-state index contributed by atoms with van der Waals surface area (Å²) in [5.41, 5.74) is 7.67. The van der Waals surface area contributed by atoms with Crippen LogP contribution in [0.1, 0.15) is 18.5 Å². The van der Waals surface area contributed by atoms with Crippen LogP contribution in [0.5, 0.6) is 0 Å². The molecule has 2 aromatic carbocycles. The quantitative estimate of drug-likeness (QED) is 0.478. The summed E-state index contributed by atoms with van der Waals surface area (Å²) < 4.78 is 5.98. The maximum atomic E-state index is 5.98. The predicted molar refractivity (Wildman–Crippen MR) is 104 cm³/mol. The molecule has 0 unspecified atom stereocenters. The molecule has 0 radical (unpaired) electrons. The number of furan rings is 1. The van der Waals surface area contributed by atoms with Crippen molar-refractivity contribution in [3.8, 4) is 11.3 Å². The van der Waals surface area contributed by atoms with Gasteiger partial charge in [0, 0.05) is 5.56 Å². The third-order valence-electron chi connectivity index (χ3n) is 4.12. The third-order valence-corrected chi connectivity index (χ3v) is 4.12. The number of fused-ring (bicyclic) bond motifs is 1. The number of hydrogen-bond donors (Lipinski definition) is 2. The molecule has 5 nitrogen and oxygen atoms in total. The van der Waals surface area contributed by atoms with Gasteiger partial charge in [0.1, 0.15) is 17.3 Å². The number of benzene rings is 2. The number of anilines is 1. The van der Waals surface area contributed by atoms with Gasteiger partial charge in [-0.1, -0.05) is 24.3 Å². The van der Waals surface area contributed by atoms with Crippen LogP contribution in [0.15, 0.2) is 65.1 Å². The number of allylic oxidation sites excluding steroid dienone is 1. The van der Waals surface area contributed by atoms with Crippen LogP contribution in [0.3, 0.4) is 0 Å². The van der Waals surface area contributed by atoms with E-state index >= 15 is 0 Å². The summed E-state index contributed by atoms with van der Waals surface area (Å²) in [6.07, 6.45) is 1.98. The van der Waals surface area contributed by atoms with E-state index in [1.165, 1.54) is 0 Å². The summed E-state index contributed by atoms with van der Waals surface area (Å²) in [7, 11) is 1.59. The smallest absolute Gasteiger partial charge is 0.134 e. The fraction of sp³-hybridized carbons (Fsp3) is 0.0952. The number of rotatable bonds is 5. The van der Waals surface area contributed by atoms with Crippen molar-refractivity contribution < 1.29 is 9.25 Å². The molecule has 0 aliphatic heterocycles. The minimum Gasteiger partial charge on any atom is -0.457 e. The Morgan fingerprint density at radius 1 is 1.12 bits per heavy atom. The van der Waals surface area contributed by atoms with Crippen molar-refractivity contribution in [2.24, 2.45) is 0 Å². The fourth-order valence-electron chi connectivity index (χ4n) is 2.86. The van der Waals surface area contributed by atoms with Gasteiger partial charge in [-0.15, -0.1) is 0 Å². The molecule has 4 aromatic rings. The SMILES string of the molecule is CONc1cccc(-c2ccc(/C=C(\C)c3nc4ccccc4[nH]3)o2)c1. The highest BCUT2D eigenvalue weighted by atomic mass is 16.6. The van der Waals surface area contributed by atoms with E-state index in [0.29, 0.717) is 0 Å². The number of aromatic amines is 1. The number of H-pyrrole nitrogens is 1. The van der Waals surface area contributed by atoms with E-state index in [0.717, 1.165) is 45.2 Å². The van der Waals surface area contributed by atoms with Crippen LogP contribution < -0.4 is 5.48 Å². The Bertz CT molecular complexity index is 1040. The summed E-state index contributed by atoms with van der Waals surface area (Å²) in [6, 6.07) is 19.8. The zero-order valence-electron chi connectivity index (χ0n) is 14.6. The number of aromatic nitrogens is 2. The lowest BCUT2D eigenvalue weighted by molar-refractivity contribution is 0.271. The molecule has 0 bridgehead atoms. The predicted octanol–water partition coefficient (Wildman–Crippen LogP) is 5.36. The molecule has 130 valence electrons. The third kappa shape index (κ3) is 3.25. The van der Waals surface area contributed by atoms with Crippen LogP contribution in [0.2, 0.25) is 0 Å². The summed E-state index contributed by atoms with van der Waals surface area (Å²) in [4.78, 5) is 12.9. The van der Waals surface area contributed by atoms with Gasteiger partial charge in [-0.25, -0.2) is 4.98 Å². The molecule has 0 saturated heterocycles. The second-order valence-corrected chi connectivity index (χ2v) is 6.02. The maximum absolute atomic E-state index is 5.98. The van der Waals surface area contributed by atoms with Gasteiger partial charge >= 0.3 is 0 Å². The van der Waals surface area contributed by atoms with Crippen molar-refractivity contribution >= 4 is 28.4 Å². The number of imidazole rings is 1. The molecule has 2 heterocycles. The average Bonchev–Trinajstić information content (AvgIpc) is 3.29. The monoisotopic (exact) mass is 345 g/mol. The van der Waals surface area contributed by atoms with E-state index in [9.17, 15) is 0 Å². The molecule has 4 rings (SSSR count). The van der Waals surface area contributed by atoms with Crippen molar-refractivity contribution in [1.29, 1.82) is 0 Å². The molecule has 0 spiro atoms. The summed E-state index contributed by atoms with van der Waals surface area (Å²) >= 11 is 0. The molecule has 0 atom stereocenters. The van der Waals surface area contributed by atoms with E-state index < -0.39 is 0 Å². The van der Waals surface area contributed by atoms with Crippen molar-refractivity contribution in [3.05, 3.63) is 72.2 Å². The molecule has 26 heavy (non-hydrogen) atoms. The molecular weight excluding hydrogens is 326 g/mol. The van der Waals surface area contributed by atoms with Gasteiger partial charge in [-0.3, -0.25) is 10.3 Å². The molecule has 2 aromatic heterocycles. The van der Waals surface area contributed by atoms with Crippen molar-refractivity contribution in [2.45, 2.75) is 6.92 Å². The zero-order valence-corrected chi connectivity index (χ0v) is 14.6. The van der Waals surface area contributed by atoms with Crippen LogP contribution in [-0.2, 0) is 4.84 Å². The fourth-order valence-corrected chi connectivity index (χ4v) is 2.86. The molecule has 0 saturated carbocycles. The Balaban J connectivity index is 1.61. The topological polar surface area (TPSA) is 63.1 Å². The van der Waals surface area contributed by atoms with Gasteiger partial charge < -0.3 is 9.40 Å². The number of hydrogen-bond acceptors (Lipinski definition) is 4. The molecule has 5 heteroatoms. The number of nitrogens with zero attached hydrogens (tertiary/aromatic N) is 1. The van der Waals surface area contributed by atoms with Crippen LogP contribution in [0.4, 0.5) is 5.69 Å². The highest BCUT2D eigenvalue weighted by molar-refractivity contribution is 5.83. The molecule has 2 N–H and O–H groups in total. The second-order valence-electron chi connectivity index (χ2n) is 6.02. The normalized spacial score (nSPS) is 11.8. The summed E-state index contributed by atoms with van der Waals surface area (Å²) in [6.45, 7) is 2.02. The van der Waals surface area contributed by atoms with E-state index in [2.05, 4.69) is 15.4 Å². The van der Waals surface area contributed by atoms with Crippen molar-refractivity contribution in [1.82, 2.24) is 9.97 Å². The standard InChI is InChI=1S/C21H19N3O2/c1-14(21-22-18-8-3-4-9-19(18)23-21)12-17-10-11-20(26-17)15-6-5-7-16(13-15)24-25-2/h3-13,24H,1-2H3,(H,22,23)/b14-12+. The number of para-hydroxylation sites is 2. The Kier molecular flexibility index (Phi) is 4.29. The maximum Gasteiger partial charge on any atom is 0.134 e. The minimum atomic E-state index is 0.781. The first-order valence-corrected chi connectivity index (χ1v) is 8.35. The van der Waals surface area contributed by atoms with Gasteiger partial charge in [-0.05, 0) is 55.0 Å². The molecule has 0 aliphatic rings. The first-order valence-electron chi connectivity index (χ1n) is 8.35. The van der Waals surface area contributed by atoms with Crippen LogP contribution in [0.25, 0.3) is 34.0 Å². The van der Waals surface area contributed by atoms with Gasteiger partial charge in [0.15, 0.2) is 0 Å². The highest BCUT2D eigenvalue weighted by Crippen LogP contribution is 2.27. The first-order chi connectivity index (χ1) is 12.7. The Morgan fingerprint density at radius 3 is 2.85 bits per heavy atom. The van der Waals surface area contributed by atoms with E-state index in [1.54, 1.807) is 7.11 Å². The van der Waals surface area contributed by atoms with E-state index in [4.69, 9.17) is 9.25 Å². The Labute approximate surface area is 151 Å². The highest BCUT2D eigenvalue weighted by Gasteiger charge is 2.07. The Morgan fingerprint density at radius 2 is 2.00 bits per heavy atom. The minimum absolute atomic E-state index is 0.781. The Hall–Kier alpha value is -3.31. The summed E-state index contributed by atoms with van der Waals surface area (Å²) in [5.74, 6) is 2.42. The summed E-state index contributed by atoms with van der Waals surface area (Å²) in [5, 5.41) is 0. The van der Waals surface area contributed by atoms with E-state index in [1.807, 2.05) is 73.7 Å². The van der Waals surface area contributed by atoms with Gasteiger partial charge in [0.25, 0.3) is 0 Å². The van der Waals surface area contributed by atoms with Crippen LogP contribution >= 0.6 is 0 Å². The molecule has 0 fully saturated rings. The average molecular weight is 345 g/mol. The lowest BCUT2D eigenvalue weighted by Gasteiger charge is -2.04. The second kappa shape index (κ2) is 6.90. The van der Waals surface area contributed by atoms with Crippen molar-refractivity contribution in [2.75, 3.05) is 12.6 Å². The van der Waals surface area contributed by atoms with E-state index in [-0.39, 0.29) is 0 Å². The molecule has 0 aliphatic carbocycles. The largest absolute Gasteiger partial charge is 0.457 e. The van der Waals surface area contributed by atoms with Crippen molar-refractivity contribution in [3.63, 3.8) is 0 Å². The van der Waals surface area contributed by atoms with Crippen LogP contribution in [0, 0.1) is 0 Å². The van der Waals surface area contributed by atoms with Crippen LogP contribution in [-0.4, -0.2) is 17.1 Å². The first kappa shape index (κ1) is 16.2. The van der Waals surface area contributed by atoms with Gasteiger partial charge in [-0.2, -0.15) is 0 Å². The zero-order chi connectivity index (χ0) is 17.9. The van der Waals surface area contributed by atoms with Gasteiger partial charge in [0.05, 0.1) is 23.8 Å². The van der Waals surface area contributed by atoms with Gasteiger partial charge in [0.2, 0.25) is 0 Å². The lowest BCUT2D eigenvalue weighted by Crippen LogP contribution is -1.94. The lowest BCUT2D eigenvalue weighted by atomic mass is 10.1. The molecule has 0 amide bonds. The molecular formula is C21H19N3O2. The number of nitrogens with one attached hydrogen (secondary N) is 2.